The van der Waals surface area contributed by atoms with E-state index in [1.54, 1.807) is 0 Å². The molecule has 0 amide bonds. The van der Waals surface area contributed by atoms with Gasteiger partial charge in [0.2, 0.25) is 0 Å². The van der Waals surface area contributed by atoms with Gasteiger partial charge in [-0.25, -0.2) is 0 Å². The van der Waals surface area contributed by atoms with Crippen molar-refractivity contribution in [2.45, 2.75) is 66.0 Å². The van der Waals surface area contributed by atoms with E-state index in [4.69, 9.17) is 0 Å². The lowest BCUT2D eigenvalue weighted by molar-refractivity contribution is 0.0907. The van der Waals surface area contributed by atoms with Crippen LogP contribution in [0.4, 0.5) is 0 Å². The first-order chi connectivity index (χ1) is 8.19. The summed E-state index contributed by atoms with van der Waals surface area (Å²) >= 11 is 0. The largest absolute Gasteiger partial charge is 0.395 e. The molecule has 0 bridgehead atoms. The highest BCUT2D eigenvalue weighted by Crippen LogP contribution is 2.28. The molecule has 1 atom stereocenters. The predicted octanol–water partition coefficient (Wildman–Crippen LogP) is 2.49. The molecule has 0 aliphatic heterocycles. The molecule has 0 radical (unpaired) electrons. The number of aliphatic hydroxyl groups is 1. The molecule has 2 N–H and O–H groups in total. The molecule has 0 heterocycles. The Morgan fingerprint density at radius 2 is 1.67 bits per heavy atom. The van der Waals surface area contributed by atoms with E-state index in [0.717, 1.165) is 25.9 Å². The minimum Gasteiger partial charge on any atom is -0.395 e. The number of hydrogen-bond donors (Lipinski definition) is 2. The van der Waals surface area contributed by atoms with Gasteiger partial charge in [0.25, 0.3) is 0 Å². The van der Waals surface area contributed by atoms with Crippen LogP contribution in [0, 0.1) is 5.41 Å². The van der Waals surface area contributed by atoms with Gasteiger partial charge in [0.05, 0.1) is 6.61 Å². The molecule has 0 aromatic carbocycles. The van der Waals surface area contributed by atoms with Crippen molar-refractivity contribution in [1.29, 1.82) is 0 Å². The molecule has 1 unspecified atom stereocenters. The van der Waals surface area contributed by atoms with E-state index in [9.17, 15) is 5.11 Å². The van der Waals surface area contributed by atoms with Gasteiger partial charge in [-0.1, -0.05) is 13.8 Å². The second-order valence-electron chi connectivity index (χ2n) is 6.76. The standard InChI is InChI=1S/C15H34N2O/c1-8-15(9-2,11-16-14(4,5)6)12-17(7)13(3)10-18/h13,16,18H,8-12H2,1-7H3. The fraction of sp³-hybridized carbons (Fsp3) is 1.00. The Morgan fingerprint density at radius 1 is 1.17 bits per heavy atom. The predicted molar refractivity (Wildman–Crippen MR) is 79.9 cm³/mol. The molecule has 0 spiro atoms. The van der Waals surface area contributed by atoms with Crippen LogP contribution in [0.25, 0.3) is 0 Å². The topological polar surface area (TPSA) is 35.5 Å². The monoisotopic (exact) mass is 258 g/mol. The summed E-state index contributed by atoms with van der Waals surface area (Å²) in [6.45, 7) is 15.5. The maximum atomic E-state index is 9.25. The van der Waals surface area contributed by atoms with Gasteiger partial charge in [-0.3, -0.25) is 0 Å². The van der Waals surface area contributed by atoms with Crippen LogP contribution >= 0.6 is 0 Å². The zero-order chi connectivity index (χ0) is 14.4. The molecule has 3 nitrogen and oxygen atoms in total. The number of nitrogens with zero attached hydrogens (tertiary/aromatic N) is 1. The summed E-state index contributed by atoms with van der Waals surface area (Å²) in [7, 11) is 2.11. The van der Waals surface area contributed by atoms with Gasteiger partial charge < -0.3 is 15.3 Å². The lowest BCUT2D eigenvalue weighted by Gasteiger charge is -2.40. The molecule has 3 heteroatoms. The number of likely N-dealkylation sites (N-methyl/N-ethyl adjacent to an activating group) is 1. The SMILES string of the molecule is CCC(CC)(CNC(C)(C)C)CN(C)C(C)CO. The van der Waals surface area contributed by atoms with Crippen molar-refractivity contribution in [3.63, 3.8) is 0 Å². The van der Waals surface area contributed by atoms with E-state index in [0.29, 0.717) is 5.41 Å². The molecular weight excluding hydrogens is 224 g/mol. The summed E-state index contributed by atoms with van der Waals surface area (Å²) in [5.74, 6) is 0. The van der Waals surface area contributed by atoms with Gasteiger partial charge in [0.15, 0.2) is 0 Å². The van der Waals surface area contributed by atoms with E-state index >= 15 is 0 Å². The summed E-state index contributed by atoms with van der Waals surface area (Å²) in [5.41, 5.74) is 0.461. The highest BCUT2D eigenvalue weighted by atomic mass is 16.3. The third-order valence-corrected chi connectivity index (χ3v) is 4.10. The Balaban J connectivity index is 4.60. The Morgan fingerprint density at radius 3 is 2.00 bits per heavy atom. The van der Waals surface area contributed by atoms with E-state index in [-0.39, 0.29) is 18.2 Å². The van der Waals surface area contributed by atoms with Crippen molar-refractivity contribution in [1.82, 2.24) is 10.2 Å². The van der Waals surface area contributed by atoms with E-state index in [2.05, 4.69) is 58.8 Å². The molecule has 110 valence electrons. The van der Waals surface area contributed by atoms with Crippen molar-refractivity contribution in [2.24, 2.45) is 5.41 Å². The van der Waals surface area contributed by atoms with Crippen LogP contribution < -0.4 is 5.32 Å². The molecule has 0 aliphatic carbocycles. The van der Waals surface area contributed by atoms with E-state index in [1.165, 1.54) is 0 Å². The first-order valence-electron chi connectivity index (χ1n) is 7.26. The molecule has 0 saturated heterocycles. The molecule has 18 heavy (non-hydrogen) atoms. The van der Waals surface area contributed by atoms with Crippen LogP contribution in [0.15, 0.2) is 0 Å². The Hall–Kier alpha value is -0.120. The first-order valence-corrected chi connectivity index (χ1v) is 7.26. The molecule has 0 rings (SSSR count). The van der Waals surface area contributed by atoms with E-state index < -0.39 is 0 Å². The number of rotatable bonds is 8. The molecule has 0 aliphatic rings. The maximum absolute atomic E-state index is 9.25. The van der Waals surface area contributed by atoms with Crippen molar-refractivity contribution in [3.05, 3.63) is 0 Å². The molecule has 0 saturated carbocycles. The fourth-order valence-corrected chi connectivity index (χ4v) is 2.06. The summed E-state index contributed by atoms with van der Waals surface area (Å²) in [6, 6.07) is 0.233. The quantitative estimate of drug-likeness (QED) is 0.702. The lowest BCUT2D eigenvalue weighted by Crippen LogP contribution is -2.49. The minimum atomic E-state index is 0.163. The van der Waals surface area contributed by atoms with Gasteiger partial charge in [-0.2, -0.15) is 0 Å². The van der Waals surface area contributed by atoms with Gasteiger partial charge in [-0.15, -0.1) is 0 Å². The van der Waals surface area contributed by atoms with Gasteiger partial charge in [-0.05, 0) is 53.0 Å². The Bertz CT molecular complexity index is 219. The zero-order valence-electron chi connectivity index (χ0n) is 13.5. The molecular formula is C15H34N2O. The minimum absolute atomic E-state index is 0.163. The summed E-state index contributed by atoms with van der Waals surface area (Å²) in [6.07, 6.45) is 2.32. The summed E-state index contributed by atoms with van der Waals surface area (Å²) in [4.78, 5) is 2.28. The van der Waals surface area contributed by atoms with Gasteiger partial charge in [0, 0.05) is 24.7 Å². The molecule has 0 aromatic rings. The van der Waals surface area contributed by atoms with Crippen molar-refractivity contribution in [2.75, 3.05) is 26.7 Å². The van der Waals surface area contributed by atoms with Crippen molar-refractivity contribution in [3.8, 4) is 0 Å². The van der Waals surface area contributed by atoms with Crippen LogP contribution in [-0.2, 0) is 0 Å². The van der Waals surface area contributed by atoms with Crippen LogP contribution in [0.1, 0.15) is 54.4 Å². The lowest BCUT2D eigenvalue weighted by atomic mass is 9.80. The highest BCUT2D eigenvalue weighted by Gasteiger charge is 2.30. The third-order valence-electron chi connectivity index (χ3n) is 4.10. The van der Waals surface area contributed by atoms with Crippen LogP contribution in [0.5, 0.6) is 0 Å². The Labute approximate surface area is 114 Å². The fourth-order valence-electron chi connectivity index (χ4n) is 2.06. The number of nitrogens with one attached hydrogen (secondary N) is 1. The van der Waals surface area contributed by atoms with Crippen molar-refractivity contribution < 1.29 is 5.11 Å². The zero-order valence-corrected chi connectivity index (χ0v) is 13.5. The number of hydrogen-bond acceptors (Lipinski definition) is 3. The van der Waals surface area contributed by atoms with Crippen LogP contribution in [-0.4, -0.2) is 48.3 Å². The molecule has 0 fully saturated rings. The second-order valence-corrected chi connectivity index (χ2v) is 6.76. The first kappa shape index (κ1) is 17.9. The average molecular weight is 258 g/mol. The maximum Gasteiger partial charge on any atom is 0.0584 e. The summed E-state index contributed by atoms with van der Waals surface area (Å²) in [5, 5.41) is 12.9. The molecule has 0 aromatic heterocycles. The number of aliphatic hydroxyl groups excluding tert-OH is 1. The second kappa shape index (κ2) is 7.46. The third kappa shape index (κ3) is 6.17. The van der Waals surface area contributed by atoms with Crippen molar-refractivity contribution >= 4 is 0 Å². The van der Waals surface area contributed by atoms with E-state index in [1.807, 2.05) is 0 Å². The normalized spacial score (nSPS) is 15.2. The van der Waals surface area contributed by atoms with Gasteiger partial charge >= 0.3 is 0 Å². The average Bonchev–Trinajstić information content (AvgIpc) is 2.32. The van der Waals surface area contributed by atoms with Crippen LogP contribution in [0.3, 0.4) is 0 Å². The van der Waals surface area contributed by atoms with Crippen LogP contribution in [0.2, 0.25) is 0 Å². The summed E-state index contributed by atoms with van der Waals surface area (Å²) < 4.78 is 0. The highest BCUT2D eigenvalue weighted by molar-refractivity contribution is 4.86. The van der Waals surface area contributed by atoms with Gasteiger partial charge in [0.1, 0.15) is 0 Å². The smallest absolute Gasteiger partial charge is 0.0584 e. The Kier molecular flexibility index (Phi) is 7.41.